The summed E-state index contributed by atoms with van der Waals surface area (Å²) in [7, 11) is 0. The molecule has 116 valence electrons. The molecule has 0 saturated heterocycles. The Bertz CT molecular complexity index is 833. The third-order valence-electron chi connectivity index (χ3n) is 3.73. The second-order valence-corrected chi connectivity index (χ2v) is 5.70. The van der Waals surface area contributed by atoms with E-state index in [-0.39, 0.29) is 12.5 Å². The molecule has 0 unspecified atom stereocenters. The number of aromatic nitrogens is 1. The normalized spacial score (nSPS) is 12.1. The Morgan fingerprint density at radius 2 is 1.91 bits per heavy atom. The van der Waals surface area contributed by atoms with Crippen LogP contribution in [0.3, 0.4) is 0 Å². The number of benzene rings is 2. The van der Waals surface area contributed by atoms with Crippen LogP contribution < -0.4 is 11.1 Å². The molecule has 0 saturated carbocycles. The maximum absolute atomic E-state index is 12.5. The molecule has 0 aliphatic heterocycles. The minimum Gasteiger partial charge on any atom is -0.329 e. The highest BCUT2D eigenvalue weighted by Gasteiger charge is 2.19. The summed E-state index contributed by atoms with van der Waals surface area (Å²) in [5.41, 5.74) is 7.37. The maximum Gasteiger partial charge on any atom is 0.233 e. The summed E-state index contributed by atoms with van der Waals surface area (Å²) >= 11 is 5.89. The molecule has 3 N–H and O–H groups in total. The summed E-state index contributed by atoms with van der Waals surface area (Å²) < 4.78 is 0. The number of halogens is 1. The van der Waals surface area contributed by atoms with Crippen LogP contribution in [0.2, 0.25) is 5.02 Å². The van der Waals surface area contributed by atoms with Gasteiger partial charge in [-0.05, 0) is 41.3 Å². The Morgan fingerprint density at radius 3 is 2.65 bits per heavy atom. The van der Waals surface area contributed by atoms with Gasteiger partial charge in [-0.15, -0.1) is 0 Å². The summed E-state index contributed by atoms with van der Waals surface area (Å²) in [6, 6.07) is 14.8. The van der Waals surface area contributed by atoms with E-state index < -0.39 is 5.92 Å². The SMILES string of the molecule is NC[C@H](C(=O)Nc1ccc2cnccc2c1)c1ccc(Cl)cc1. The molecule has 4 nitrogen and oxygen atoms in total. The second-order valence-electron chi connectivity index (χ2n) is 5.27. The third-order valence-corrected chi connectivity index (χ3v) is 3.98. The first-order chi connectivity index (χ1) is 11.2. The first-order valence-electron chi connectivity index (χ1n) is 7.27. The summed E-state index contributed by atoms with van der Waals surface area (Å²) in [5, 5.41) is 5.61. The Morgan fingerprint density at radius 1 is 1.13 bits per heavy atom. The Hall–Kier alpha value is -2.43. The number of amides is 1. The van der Waals surface area contributed by atoms with Gasteiger partial charge in [0.1, 0.15) is 0 Å². The molecule has 3 aromatic rings. The van der Waals surface area contributed by atoms with Gasteiger partial charge < -0.3 is 11.1 Å². The summed E-state index contributed by atoms with van der Waals surface area (Å²) in [6.07, 6.45) is 3.52. The van der Waals surface area contributed by atoms with E-state index in [4.69, 9.17) is 17.3 Å². The van der Waals surface area contributed by atoms with Crippen LogP contribution >= 0.6 is 11.6 Å². The van der Waals surface area contributed by atoms with E-state index in [0.29, 0.717) is 5.02 Å². The van der Waals surface area contributed by atoms with E-state index in [2.05, 4.69) is 10.3 Å². The first kappa shape index (κ1) is 15.5. The summed E-state index contributed by atoms with van der Waals surface area (Å²) in [5.74, 6) is -0.552. The first-order valence-corrected chi connectivity index (χ1v) is 7.65. The van der Waals surface area contributed by atoms with E-state index in [0.717, 1.165) is 22.0 Å². The van der Waals surface area contributed by atoms with E-state index >= 15 is 0 Å². The standard InChI is InChI=1S/C18H16ClN3O/c19-15-4-1-12(2-5-15)17(10-20)18(23)22-16-6-3-14-11-21-8-7-13(14)9-16/h1-9,11,17H,10,20H2,(H,22,23)/t17-/m0/s1. The van der Waals surface area contributed by atoms with Gasteiger partial charge in [-0.3, -0.25) is 9.78 Å². The zero-order valence-electron chi connectivity index (χ0n) is 12.4. The fourth-order valence-corrected chi connectivity index (χ4v) is 2.61. The molecular weight excluding hydrogens is 310 g/mol. The van der Waals surface area contributed by atoms with Gasteiger partial charge in [0.25, 0.3) is 0 Å². The van der Waals surface area contributed by atoms with Gasteiger partial charge in [0.05, 0.1) is 5.92 Å². The number of nitrogens with zero attached hydrogens (tertiary/aromatic N) is 1. The lowest BCUT2D eigenvalue weighted by Gasteiger charge is -2.15. The van der Waals surface area contributed by atoms with Gasteiger partial charge in [-0.2, -0.15) is 0 Å². The van der Waals surface area contributed by atoms with Gasteiger partial charge in [0.15, 0.2) is 0 Å². The number of rotatable bonds is 4. The molecule has 0 fully saturated rings. The number of hydrogen-bond donors (Lipinski definition) is 2. The molecule has 0 radical (unpaired) electrons. The van der Waals surface area contributed by atoms with E-state index in [1.165, 1.54) is 0 Å². The van der Waals surface area contributed by atoms with Crippen LogP contribution in [0.25, 0.3) is 10.8 Å². The Labute approximate surface area is 139 Å². The quantitative estimate of drug-likeness (QED) is 0.770. The van der Waals surface area contributed by atoms with Crippen molar-refractivity contribution < 1.29 is 4.79 Å². The van der Waals surface area contributed by atoms with Crippen LogP contribution in [-0.4, -0.2) is 17.4 Å². The van der Waals surface area contributed by atoms with E-state index in [1.807, 2.05) is 36.4 Å². The number of hydrogen-bond acceptors (Lipinski definition) is 3. The summed E-state index contributed by atoms with van der Waals surface area (Å²) in [6.45, 7) is 0.227. The number of fused-ring (bicyclic) bond motifs is 1. The van der Waals surface area contributed by atoms with Gasteiger partial charge in [0.2, 0.25) is 5.91 Å². The zero-order valence-corrected chi connectivity index (χ0v) is 13.1. The van der Waals surface area contributed by atoms with Gasteiger partial charge >= 0.3 is 0 Å². The molecular formula is C18H16ClN3O. The molecule has 1 atom stereocenters. The van der Waals surface area contributed by atoms with Crippen molar-refractivity contribution in [3.8, 4) is 0 Å². The van der Waals surface area contributed by atoms with Gasteiger partial charge in [0, 0.05) is 35.0 Å². The number of carbonyl (C=O) groups is 1. The number of carbonyl (C=O) groups excluding carboxylic acids is 1. The molecule has 0 spiro atoms. The number of anilines is 1. The minimum absolute atomic E-state index is 0.136. The lowest BCUT2D eigenvalue weighted by molar-refractivity contribution is -0.117. The van der Waals surface area contributed by atoms with Gasteiger partial charge in [-0.1, -0.05) is 29.8 Å². The Balaban J connectivity index is 1.81. The molecule has 1 heterocycles. The molecule has 3 rings (SSSR count). The van der Waals surface area contributed by atoms with Crippen LogP contribution in [0, 0.1) is 0 Å². The highest BCUT2D eigenvalue weighted by Crippen LogP contribution is 2.22. The monoisotopic (exact) mass is 325 g/mol. The molecule has 1 aromatic heterocycles. The summed E-state index contributed by atoms with van der Waals surface area (Å²) in [4.78, 5) is 16.6. The van der Waals surface area contributed by atoms with Crippen LogP contribution in [0.5, 0.6) is 0 Å². The largest absolute Gasteiger partial charge is 0.329 e. The van der Waals surface area contributed by atoms with Gasteiger partial charge in [-0.25, -0.2) is 0 Å². The predicted molar refractivity (Wildman–Crippen MR) is 93.6 cm³/mol. The van der Waals surface area contributed by atoms with Crippen molar-refractivity contribution in [2.45, 2.75) is 5.92 Å². The highest BCUT2D eigenvalue weighted by atomic mass is 35.5. The van der Waals surface area contributed by atoms with Crippen molar-refractivity contribution in [2.24, 2.45) is 5.73 Å². The maximum atomic E-state index is 12.5. The molecule has 0 aliphatic rings. The number of nitrogens with two attached hydrogens (primary N) is 1. The smallest absolute Gasteiger partial charge is 0.233 e. The van der Waals surface area contributed by atoms with E-state index in [1.54, 1.807) is 24.5 Å². The van der Waals surface area contributed by atoms with Crippen molar-refractivity contribution >= 4 is 34.0 Å². The van der Waals surface area contributed by atoms with Crippen LogP contribution in [0.15, 0.2) is 60.9 Å². The molecule has 23 heavy (non-hydrogen) atoms. The average molecular weight is 326 g/mol. The van der Waals surface area contributed by atoms with Crippen molar-refractivity contribution in [2.75, 3.05) is 11.9 Å². The molecule has 0 aliphatic carbocycles. The number of nitrogens with one attached hydrogen (secondary N) is 1. The van der Waals surface area contributed by atoms with Crippen molar-refractivity contribution in [3.05, 3.63) is 71.5 Å². The lowest BCUT2D eigenvalue weighted by Crippen LogP contribution is -2.27. The topological polar surface area (TPSA) is 68.0 Å². The molecule has 5 heteroatoms. The van der Waals surface area contributed by atoms with E-state index in [9.17, 15) is 4.79 Å². The van der Waals surface area contributed by atoms with Crippen molar-refractivity contribution in [3.63, 3.8) is 0 Å². The second kappa shape index (κ2) is 6.77. The van der Waals surface area contributed by atoms with Crippen molar-refractivity contribution in [1.29, 1.82) is 0 Å². The van der Waals surface area contributed by atoms with Crippen LogP contribution in [-0.2, 0) is 4.79 Å². The van der Waals surface area contributed by atoms with Crippen LogP contribution in [0.1, 0.15) is 11.5 Å². The van der Waals surface area contributed by atoms with Crippen LogP contribution in [0.4, 0.5) is 5.69 Å². The molecule has 2 aromatic carbocycles. The third kappa shape index (κ3) is 3.50. The fraction of sp³-hybridized carbons (Fsp3) is 0.111. The molecule has 1 amide bonds. The average Bonchev–Trinajstić information content (AvgIpc) is 2.57. The lowest BCUT2D eigenvalue weighted by atomic mass is 9.98. The predicted octanol–water partition coefficient (Wildman–Crippen LogP) is 3.57. The fourth-order valence-electron chi connectivity index (χ4n) is 2.48. The minimum atomic E-state index is -0.416. The molecule has 0 bridgehead atoms. The number of pyridine rings is 1. The highest BCUT2D eigenvalue weighted by molar-refractivity contribution is 6.30. The Kier molecular flexibility index (Phi) is 4.55. The zero-order chi connectivity index (χ0) is 16.2. The van der Waals surface area contributed by atoms with Crippen molar-refractivity contribution in [1.82, 2.24) is 4.98 Å².